The molecule has 0 spiro atoms. The van der Waals surface area contributed by atoms with Gasteiger partial charge in [-0.2, -0.15) is 4.98 Å². The monoisotopic (exact) mass is 280 g/mol. The average molecular weight is 280 g/mol. The Morgan fingerprint density at radius 3 is 2.52 bits per heavy atom. The highest BCUT2D eigenvalue weighted by Gasteiger charge is 2.11. The minimum Gasteiger partial charge on any atom is -0.423 e. The van der Waals surface area contributed by atoms with E-state index >= 15 is 0 Å². The van der Waals surface area contributed by atoms with Crippen molar-refractivity contribution < 1.29 is 4.74 Å². The first-order chi connectivity index (χ1) is 10.2. The van der Waals surface area contributed by atoms with Gasteiger partial charge in [-0.05, 0) is 25.1 Å². The van der Waals surface area contributed by atoms with Gasteiger partial charge in [-0.25, -0.2) is 4.68 Å². The van der Waals surface area contributed by atoms with Crippen LogP contribution in [0.2, 0.25) is 0 Å². The second kappa shape index (κ2) is 5.76. The molecule has 0 unspecified atom stereocenters. The predicted octanol–water partition coefficient (Wildman–Crippen LogP) is 3.08. The summed E-state index contributed by atoms with van der Waals surface area (Å²) in [4.78, 5) is 4.18. The molecular formula is C16H16N4O. The molecule has 21 heavy (non-hydrogen) atoms. The van der Waals surface area contributed by atoms with E-state index in [0.29, 0.717) is 11.8 Å². The van der Waals surface area contributed by atoms with Crippen molar-refractivity contribution in [2.24, 2.45) is 5.73 Å². The Balaban J connectivity index is 1.86. The molecular weight excluding hydrogens is 264 g/mol. The van der Waals surface area contributed by atoms with Gasteiger partial charge < -0.3 is 10.5 Å². The Morgan fingerprint density at radius 2 is 1.76 bits per heavy atom. The van der Waals surface area contributed by atoms with Crippen LogP contribution in [0.5, 0.6) is 11.8 Å². The zero-order chi connectivity index (χ0) is 14.7. The van der Waals surface area contributed by atoms with E-state index in [1.807, 2.05) is 61.5 Å². The fourth-order valence-corrected chi connectivity index (χ4v) is 2.05. The molecule has 1 atom stereocenters. The van der Waals surface area contributed by atoms with Crippen molar-refractivity contribution in [3.05, 3.63) is 66.5 Å². The van der Waals surface area contributed by atoms with Crippen LogP contribution in [0.25, 0.3) is 5.69 Å². The Hall–Kier alpha value is -2.66. The third kappa shape index (κ3) is 2.93. The Morgan fingerprint density at radius 1 is 1.05 bits per heavy atom. The maximum absolute atomic E-state index is 5.94. The minimum atomic E-state index is -0.114. The number of ether oxygens (including phenoxy) is 1. The third-order valence-corrected chi connectivity index (χ3v) is 3.10. The molecule has 3 rings (SSSR count). The number of nitrogens with zero attached hydrogens (tertiary/aromatic N) is 3. The molecule has 5 nitrogen and oxygen atoms in total. The third-order valence-electron chi connectivity index (χ3n) is 3.10. The van der Waals surface area contributed by atoms with Gasteiger partial charge in [-0.15, -0.1) is 5.10 Å². The van der Waals surface area contributed by atoms with Crippen molar-refractivity contribution in [1.29, 1.82) is 0 Å². The summed E-state index contributed by atoms with van der Waals surface area (Å²) in [6, 6.07) is 17.6. The second-order valence-electron chi connectivity index (χ2n) is 4.74. The highest BCUT2D eigenvalue weighted by molar-refractivity contribution is 5.37. The minimum absolute atomic E-state index is 0.114. The van der Waals surface area contributed by atoms with Crippen LogP contribution in [0.1, 0.15) is 18.5 Å². The summed E-state index contributed by atoms with van der Waals surface area (Å²) in [5.74, 6) is 0.679. The van der Waals surface area contributed by atoms with Crippen LogP contribution < -0.4 is 10.5 Å². The van der Waals surface area contributed by atoms with E-state index in [1.165, 1.54) is 0 Å². The van der Waals surface area contributed by atoms with E-state index in [0.717, 1.165) is 11.3 Å². The maximum Gasteiger partial charge on any atom is 0.341 e. The molecule has 1 aromatic heterocycles. The first-order valence-corrected chi connectivity index (χ1v) is 6.73. The molecule has 0 aliphatic carbocycles. The van der Waals surface area contributed by atoms with E-state index in [1.54, 1.807) is 11.0 Å². The van der Waals surface area contributed by atoms with Gasteiger partial charge in [0.1, 0.15) is 12.1 Å². The van der Waals surface area contributed by atoms with Crippen molar-refractivity contribution >= 4 is 0 Å². The molecule has 0 radical (unpaired) electrons. The fourth-order valence-electron chi connectivity index (χ4n) is 2.05. The van der Waals surface area contributed by atoms with Gasteiger partial charge >= 0.3 is 6.01 Å². The number of benzene rings is 2. The molecule has 5 heteroatoms. The van der Waals surface area contributed by atoms with Crippen LogP contribution in [0, 0.1) is 0 Å². The summed E-state index contributed by atoms with van der Waals surface area (Å²) in [5, 5.41) is 4.32. The summed E-state index contributed by atoms with van der Waals surface area (Å²) in [7, 11) is 0. The van der Waals surface area contributed by atoms with Crippen molar-refractivity contribution in [2.75, 3.05) is 0 Å². The van der Waals surface area contributed by atoms with Gasteiger partial charge in [0.2, 0.25) is 0 Å². The predicted molar refractivity (Wildman–Crippen MR) is 80.5 cm³/mol. The summed E-state index contributed by atoms with van der Waals surface area (Å²) >= 11 is 0. The molecule has 2 aromatic carbocycles. The molecule has 106 valence electrons. The molecule has 0 saturated heterocycles. The molecule has 0 aliphatic rings. The van der Waals surface area contributed by atoms with E-state index in [2.05, 4.69) is 10.1 Å². The Kier molecular flexibility index (Phi) is 3.66. The number of hydrogen-bond donors (Lipinski definition) is 1. The summed E-state index contributed by atoms with van der Waals surface area (Å²) < 4.78 is 7.42. The number of para-hydroxylation sites is 2. The molecule has 3 aromatic rings. The number of rotatable bonds is 4. The summed E-state index contributed by atoms with van der Waals surface area (Å²) in [6.07, 6.45) is 1.62. The van der Waals surface area contributed by atoms with Crippen LogP contribution in [-0.2, 0) is 0 Å². The number of aromatic nitrogens is 3. The van der Waals surface area contributed by atoms with E-state index in [-0.39, 0.29) is 6.04 Å². The summed E-state index contributed by atoms with van der Waals surface area (Å²) in [6.45, 7) is 1.91. The SMILES string of the molecule is C[C@H](N)c1ccccc1Oc1ncn(-c2ccccc2)n1. The zero-order valence-electron chi connectivity index (χ0n) is 11.7. The maximum atomic E-state index is 5.94. The molecule has 0 bridgehead atoms. The highest BCUT2D eigenvalue weighted by Crippen LogP contribution is 2.26. The topological polar surface area (TPSA) is 66.0 Å². The summed E-state index contributed by atoms with van der Waals surface area (Å²) in [5.41, 5.74) is 7.79. The number of nitrogens with two attached hydrogens (primary N) is 1. The Labute approximate surface area is 123 Å². The second-order valence-corrected chi connectivity index (χ2v) is 4.74. The smallest absolute Gasteiger partial charge is 0.341 e. The molecule has 0 saturated carbocycles. The largest absolute Gasteiger partial charge is 0.423 e. The average Bonchev–Trinajstić information content (AvgIpc) is 2.97. The molecule has 2 N–H and O–H groups in total. The van der Waals surface area contributed by atoms with Crippen LogP contribution in [-0.4, -0.2) is 14.8 Å². The van der Waals surface area contributed by atoms with Gasteiger partial charge in [0.15, 0.2) is 0 Å². The lowest BCUT2D eigenvalue weighted by molar-refractivity contribution is 0.433. The fraction of sp³-hybridized carbons (Fsp3) is 0.125. The molecule has 0 amide bonds. The van der Waals surface area contributed by atoms with Crippen LogP contribution in [0.3, 0.4) is 0 Å². The van der Waals surface area contributed by atoms with E-state index in [4.69, 9.17) is 10.5 Å². The van der Waals surface area contributed by atoms with Crippen LogP contribution >= 0.6 is 0 Å². The quantitative estimate of drug-likeness (QED) is 0.797. The van der Waals surface area contributed by atoms with E-state index in [9.17, 15) is 0 Å². The highest BCUT2D eigenvalue weighted by atomic mass is 16.5. The standard InChI is InChI=1S/C16H16N4O/c1-12(17)14-9-5-6-10-15(14)21-16-18-11-20(19-16)13-7-3-2-4-8-13/h2-12H,17H2,1H3/t12-/m0/s1. The van der Waals surface area contributed by atoms with Gasteiger partial charge in [0.25, 0.3) is 0 Å². The van der Waals surface area contributed by atoms with Crippen molar-refractivity contribution in [2.45, 2.75) is 13.0 Å². The van der Waals surface area contributed by atoms with Crippen LogP contribution in [0.15, 0.2) is 60.9 Å². The lowest BCUT2D eigenvalue weighted by atomic mass is 10.1. The molecule has 0 aliphatic heterocycles. The normalized spacial score (nSPS) is 12.1. The van der Waals surface area contributed by atoms with Gasteiger partial charge in [0.05, 0.1) is 5.69 Å². The number of hydrogen-bond acceptors (Lipinski definition) is 4. The molecule has 1 heterocycles. The van der Waals surface area contributed by atoms with Gasteiger partial charge in [-0.1, -0.05) is 36.4 Å². The Bertz CT molecular complexity index is 722. The van der Waals surface area contributed by atoms with Crippen molar-refractivity contribution in [1.82, 2.24) is 14.8 Å². The van der Waals surface area contributed by atoms with Crippen molar-refractivity contribution in [3.8, 4) is 17.4 Å². The zero-order valence-corrected chi connectivity index (χ0v) is 11.7. The first kappa shape index (κ1) is 13.3. The van der Waals surface area contributed by atoms with Crippen molar-refractivity contribution in [3.63, 3.8) is 0 Å². The first-order valence-electron chi connectivity index (χ1n) is 6.73. The van der Waals surface area contributed by atoms with E-state index < -0.39 is 0 Å². The van der Waals surface area contributed by atoms with Gasteiger partial charge in [0, 0.05) is 11.6 Å². The lowest BCUT2D eigenvalue weighted by Crippen LogP contribution is -2.06. The van der Waals surface area contributed by atoms with Crippen LogP contribution in [0.4, 0.5) is 0 Å². The lowest BCUT2D eigenvalue weighted by Gasteiger charge is -2.11. The van der Waals surface area contributed by atoms with Gasteiger partial charge in [-0.3, -0.25) is 0 Å². The molecule has 0 fully saturated rings.